The molecular formula is C23H14Cl2O5. The smallest absolute Gasteiger partial charge is 0.335 e. The number of fused-ring (bicyclic) bond motifs is 1. The summed E-state index contributed by atoms with van der Waals surface area (Å²) in [6.07, 6.45) is 0. The molecule has 0 saturated heterocycles. The molecule has 3 aromatic carbocycles. The van der Waals surface area contributed by atoms with E-state index in [2.05, 4.69) is 0 Å². The van der Waals surface area contributed by atoms with Crippen molar-refractivity contribution in [2.75, 3.05) is 0 Å². The second-order valence-corrected chi connectivity index (χ2v) is 7.40. The number of carbonyl (C=O) groups is 1. The van der Waals surface area contributed by atoms with Gasteiger partial charge in [0.1, 0.15) is 12.2 Å². The Bertz CT molecular complexity index is 1290. The first-order valence-corrected chi connectivity index (χ1v) is 9.65. The lowest BCUT2D eigenvalue weighted by Crippen LogP contribution is -2.10. The number of aromatic carboxylic acids is 1. The quantitative estimate of drug-likeness (QED) is 0.408. The molecule has 7 heteroatoms. The predicted molar refractivity (Wildman–Crippen MR) is 116 cm³/mol. The minimum atomic E-state index is -1.01. The van der Waals surface area contributed by atoms with Crippen LogP contribution in [0.25, 0.3) is 22.3 Å². The summed E-state index contributed by atoms with van der Waals surface area (Å²) in [5.41, 5.74) is 1.52. The molecule has 0 atom stereocenters. The lowest BCUT2D eigenvalue weighted by atomic mass is 10.1. The van der Waals surface area contributed by atoms with Gasteiger partial charge in [-0.1, -0.05) is 35.3 Å². The fourth-order valence-corrected chi connectivity index (χ4v) is 3.27. The van der Waals surface area contributed by atoms with Crippen molar-refractivity contribution < 1.29 is 19.1 Å². The van der Waals surface area contributed by atoms with Crippen molar-refractivity contribution in [3.8, 4) is 17.1 Å². The minimum absolute atomic E-state index is 0.0365. The standard InChI is InChI=1S/C23H14Cl2O5/c24-16-7-5-14(6-8-16)21-22(20(26)18-11-17(25)9-10-19(18)30-21)29-12-13-1-3-15(4-2-13)23(27)28/h1-11H,12H2,(H,27,28). The van der Waals surface area contributed by atoms with Crippen molar-refractivity contribution in [1.82, 2.24) is 0 Å². The third kappa shape index (κ3) is 4.03. The molecule has 0 unspecified atom stereocenters. The Morgan fingerprint density at radius 2 is 1.60 bits per heavy atom. The maximum Gasteiger partial charge on any atom is 0.335 e. The highest BCUT2D eigenvalue weighted by Crippen LogP contribution is 2.32. The average molecular weight is 441 g/mol. The molecule has 5 nitrogen and oxygen atoms in total. The summed E-state index contributed by atoms with van der Waals surface area (Å²) in [5, 5.41) is 10.3. The fourth-order valence-electron chi connectivity index (χ4n) is 2.97. The van der Waals surface area contributed by atoms with E-state index in [1.54, 1.807) is 48.5 Å². The molecule has 0 saturated carbocycles. The zero-order valence-corrected chi connectivity index (χ0v) is 16.9. The summed E-state index contributed by atoms with van der Waals surface area (Å²) in [7, 11) is 0. The van der Waals surface area contributed by atoms with Gasteiger partial charge in [-0.05, 0) is 60.2 Å². The number of hydrogen-bond donors (Lipinski definition) is 1. The van der Waals surface area contributed by atoms with Crippen LogP contribution in [0.2, 0.25) is 10.0 Å². The molecule has 0 radical (unpaired) electrons. The summed E-state index contributed by atoms with van der Waals surface area (Å²) < 4.78 is 11.8. The van der Waals surface area contributed by atoms with Crippen molar-refractivity contribution >= 4 is 40.1 Å². The largest absolute Gasteiger partial charge is 0.481 e. The van der Waals surface area contributed by atoms with Crippen LogP contribution in [-0.2, 0) is 6.61 Å². The van der Waals surface area contributed by atoms with Crippen LogP contribution in [0.4, 0.5) is 0 Å². The fraction of sp³-hybridized carbons (Fsp3) is 0.0435. The molecule has 0 aliphatic carbocycles. The Kier molecular flexibility index (Phi) is 5.48. The highest BCUT2D eigenvalue weighted by molar-refractivity contribution is 6.31. The normalized spacial score (nSPS) is 10.9. The summed E-state index contributed by atoms with van der Waals surface area (Å²) in [5.74, 6) is -0.706. The average Bonchev–Trinajstić information content (AvgIpc) is 2.74. The van der Waals surface area contributed by atoms with Crippen LogP contribution in [-0.4, -0.2) is 11.1 Å². The molecule has 0 aliphatic heterocycles. The van der Waals surface area contributed by atoms with Gasteiger partial charge in [-0.15, -0.1) is 0 Å². The third-order valence-corrected chi connectivity index (χ3v) is 4.99. The monoisotopic (exact) mass is 440 g/mol. The van der Waals surface area contributed by atoms with E-state index in [1.807, 2.05) is 0 Å². The Labute approximate surface area is 181 Å². The Morgan fingerprint density at radius 1 is 0.933 bits per heavy atom. The first-order valence-electron chi connectivity index (χ1n) is 8.90. The molecule has 30 heavy (non-hydrogen) atoms. The molecule has 4 rings (SSSR count). The number of carboxylic acid groups (broad SMARTS) is 1. The van der Waals surface area contributed by atoms with Crippen LogP contribution in [0.3, 0.4) is 0 Å². The SMILES string of the molecule is O=C(O)c1ccc(COc2c(-c3ccc(Cl)cc3)oc3ccc(Cl)cc3c2=O)cc1. The predicted octanol–water partition coefficient (Wildman–Crippen LogP) is 6.04. The van der Waals surface area contributed by atoms with Gasteiger partial charge in [0.15, 0.2) is 5.76 Å². The maximum absolute atomic E-state index is 13.2. The molecule has 150 valence electrons. The molecule has 0 amide bonds. The van der Waals surface area contributed by atoms with E-state index in [9.17, 15) is 9.59 Å². The molecule has 0 fully saturated rings. The first kappa shape index (κ1) is 20.0. The number of rotatable bonds is 5. The van der Waals surface area contributed by atoms with Crippen molar-refractivity contribution in [3.05, 3.63) is 98.1 Å². The zero-order valence-electron chi connectivity index (χ0n) is 15.4. The third-order valence-electron chi connectivity index (χ3n) is 4.50. The number of carboxylic acids is 1. The number of ether oxygens (including phenoxy) is 1. The highest BCUT2D eigenvalue weighted by atomic mass is 35.5. The van der Waals surface area contributed by atoms with E-state index in [4.69, 9.17) is 37.5 Å². The Balaban J connectivity index is 1.78. The topological polar surface area (TPSA) is 76.7 Å². The van der Waals surface area contributed by atoms with Gasteiger partial charge in [0.05, 0.1) is 10.9 Å². The van der Waals surface area contributed by atoms with Crippen LogP contribution >= 0.6 is 23.2 Å². The molecule has 0 bridgehead atoms. The summed E-state index contributed by atoms with van der Waals surface area (Å²) >= 11 is 12.0. The van der Waals surface area contributed by atoms with Gasteiger partial charge in [0, 0.05) is 15.6 Å². The van der Waals surface area contributed by atoms with Crippen molar-refractivity contribution in [2.45, 2.75) is 6.61 Å². The Hall–Kier alpha value is -3.28. The second kappa shape index (κ2) is 8.22. The van der Waals surface area contributed by atoms with Gasteiger partial charge in [-0.2, -0.15) is 0 Å². The molecule has 1 heterocycles. The van der Waals surface area contributed by atoms with E-state index >= 15 is 0 Å². The minimum Gasteiger partial charge on any atom is -0.481 e. The van der Waals surface area contributed by atoms with Gasteiger partial charge in [-0.25, -0.2) is 4.79 Å². The van der Waals surface area contributed by atoms with E-state index < -0.39 is 5.97 Å². The van der Waals surface area contributed by atoms with Crippen molar-refractivity contribution in [2.24, 2.45) is 0 Å². The maximum atomic E-state index is 13.2. The highest BCUT2D eigenvalue weighted by Gasteiger charge is 2.18. The lowest BCUT2D eigenvalue weighted by molar-refractivity contribution is 0.0697. The van der Waals surface area contributed by atoms with Crippen LogP contribution in [0, 0.1) is 0 Å². The van der Waals surface area contributed by atoms with E-state index in [0.29, 0.717) is 32.1 Å². The molecule has 0 spiro atoms. The van der Waals surface area contributed by atoms with Gasteiger partial charge < -0.3 is 14.3 Å². The number of halogens is 2. The first-order chi connectivity index (χ1) is 14.4. The van der Waals surface area contributed by atoms with Crippen LogP contribution in [0.15, 0.2) is 75.9 Å². The van der Waals surface area contributed by atoms with Crippen molar-refractivity contribution in [1.29, 1.82) is 0 Å². The second-order valence-electron chi connectivity index (χ2n) is 6.53. The van der Waals surface area contributed by atoms with E-state index in [1.165, 1.54) is 18.2 Å². The Morgan fingerprint density at radius 3 is 2.27 bits per heavy atom. The van der Waals surface area contributed by atoms with Gasteiger partial charge in [0.2, 0.25) is 11.2 Å². The zero-order chi connectivity index (χ0) is 21.3. The van der Waals surface area contributed by atoms with Crippen LogP contribution in [0.5, 0.6) is 5.75 Å². The molecule has 1 aromatic heterocycles. The van der Waals surface area contributed by atoms with Crippen molar-refractivity contribution in [3.63, 3.8) is 0 Å². The number of benzene rings is 3. The van der Waals surface area contributed by atoms with E-state index in [-0.39, 0.29) is 29.1 Å². The van der Waals surface area contributed by atoms with E-state index in [0.717, 1.165) is 0 Å². The van der Waals surface area contributed by atoms with Gasteiger partial charge in [-0.3, -0.25) is 4.79 Å². The van der Waals surface area contributed by atoms with Gasteiger partial charge in [0.25, 0.3) is 0 Å². The molecule has 1 N–H and O–H groups in total. The van der Waals surface area contributed by atoms with Crippen LogP contribution in [0.1, 0.15) is 15.9 Å². The lowest BCUT2D eigenvalue weighted by Gasteiger charge is -2.12. The van der Waals surface area contributed by atoms with Gasteiger partial charge >= 0.3 is 5.97 Å². The molecule has 4 aromatic rings. The summed E-state index contributed by atoms with van der Waals surface area (Å²) in [4.78, 5) is 24.2. The molecule has 0 aliphatic rings. The summed E-state index contributed by atoms with van der Waals surface area (Å²) in [6.45, 7) is 0.0529. The molecular weight excluding hydrogens is 427 g/mol. The summed E-state index contributed by atoms with van der Waals surface area (Å²) in [6, 6.07) is 17.9. The van der Waals surface area contributed by atoms with Crippen LogP contribution < -0.4 is 10.2 Å². The number of hydrogen-bond acceptors (Lipinski definition) is 4.